The van der Waals surface area contributed by atoms with Gasteiger partial charge in [0, 0.05) is 26.2 Å². The topological polar surface area (TPSA) is 27.7 Å². The number of hydrogen-bond donors (Lipinski definition) is 0. The molecule has 0 amide bonds. The molecular formula is C11H12BF3O3. The number of hydrogen-bond acceptors (Lipinski definition) is 3. The molecule has 1 heterocycles. The summed E-state index contributed by atoms with van der Waals surface area (Å²) in [4.78, 5) is 0. The van der Waals surface area contributed by atoms with Gasteiger partial charge < -0.3 is 14.0 Å². The van der Waals surface area contributed by atoms with Gasteiger partial charge in [-0.25, -0.2) is 13.2 Å². The predicted octanol–water partition coefficient (Wildman–Crippen LogP) is 1.11. The van der Waals surface area contributed by atoms with Crippen LogP contribution in [0.1, 0.15) is 0 Å². The van der Waals surface area contributed by atoms with Crippen LogP contribution in [0, 0.1) is 23.4 Å². The molecule has 0 saturated carbocycles. The Morgan fingerprint density at radius 3 is 2.28 bits per heavy atom. The molecule has 1 aromatic rings. The molecule has 1 saturated heterocycles. The zero-order valence-corrected chi connectivity index (χ0v) is 9.79. The summed E-state index contributed by atoms with van der Waals surface area (Å²) >= 11 is 0. The minimum absolute atomic E-state index is 0.0846. The van der Waals surface area contributed by atoms with Gasteiger partial charge in [0.2, 0.25) is 0 Å². The van der Waals surface area contributed by atoms with Crippen LogP contribution in [0.15, 0.2) is 12.1 Å². The Kier molecular flexibility index (Phi) is 4.26. The quantitative estimate of drug-likeness (QED) is 0.601. The first-order valence-corrected chi connectivity index (χ1v) is 5.48. The molecular weight excluding hydrogens is 248 g/mol. The van der Waals surface area contributed by atoms with Gasteiger partial charge in [-0.3, -0.25) is 0 Å². The largest absolute Gasteiger partial charge is 0.494 e. The first-order valence-electron chi connectivity index (χ1n) is 5.48. The highest BCUT2D eigenvalue weighted by Crippen LogP contribution is 2.13. The summed E-state index contributed by atoms with van der Waals surface area (Å²) in [6, 6.07) is 1.75. The standard InChI is InChI=1S/C11H12BF3O3/c1-16-4-7-5-17-12(18-6-7)8-2-9(13)11(15)10(14)3-8/h2-3,7H,4-6H2,1H3. The Morgan fingerprint density at radius 1 is 1.22 bits per heavy atom. The van der Waals surface area contributed by atoms with Crippen LogP contribution in [0.25, 0.3) is 0 Å². The van der Waals surface area contributed by atoms with E-state index in [1.807, 2.05) is 0 Å². The molecule has 2 rings (SSSR count). The van der Waals surface area contributed by atoms with Crippen molar-refractivity contribution in [3.63, 3.8) is 0 Å². The lowest BCUT2D eigenvalue weighted by Crippen LogP contribution is -2.45. The second-order valence-electron chi connectivity index (χ2n) is 4.12. The predicted molar refractivity (Wildman–Crippen MR) is 59.0 cm³/mol. The molecule has 1 fully saturated rings. The van der Waals surface area contributed by atoms with Gasteiger partial charge in [0.25, 0.3) is 0 Å². The smallest absolute Gasteiger partial charge is 0.407 e. The molecule has 0 aromatic heterocycles. The molecule has 0 radical (unpaired) electrons. The molecule has 98 valence electrons. The maximum atomic E-state index is 13.0. The van der Waals surface area contributed by atoms with Crippen LogP contribution in [0.4, 0.5) is 13.2 Å². The summed E-state index contributed by atoms with van der Waals surface area (Å²) in [6.45, 7) is 1.21. The van der Waals surface area contributed by atoms with Crippen LogP contribution in [-0.4, -0.2) is 34.0 Å². The first-order chi connectivity index (χ1) is 8.61. The van der Waals surface area contributed by atoms with E-state index < -0.39 is 24.6 Å². The lowest BCUT2D eigenvalue weighted by atomic mass is 9.77. The van der Waals surface area contributed by atoms with Gasteiger partial charge in [-0.15, -0.1) is 0 Å². The molecule has 7 heteroatoms. The van der Waals surface area contributed by atoms with Gasteiger partial charge >= 0.3 is 7.12 Å². The van der Waals surface area contributed by atoms with Gasteiger partial charge in [-0.1, -0.05) is 0 Å². The Bertz CT molecular complexity index is 399. The third kappa shape index (κ3) is 2.85. The molecule has 18 heavy (non-hydrogen) atoms. The van der Waals surface area contributed by atoms with Crippen molar-refractivity contribution < 1.29 is 27.2 Å². The zero-order chi connectivity index (χ0) is 13.1. The fourth-order valence-corrected chi connectivity index (χ4v) is 1.78. The second kappa shape index (κ2) is 5.73. The number of methoxy groups -OCH3 is 1. The Labute approximate surface area is 103 Å². The van der Waals surface area contributed by atoms with Crippen molar-refractivity contribution in [1.29, 1.82) is 0 Å². The number of ether oxygens (including phenoxy) is 1. The van der Waals surface area contributed by atoms with E-state index in [4.69, 9.17) is 14.0 Å². The lowest BCUT2D eigenvalue weighted by Gasteiger charge is -2.26. The summed E-state index contributed by atoms with van der Waals surface area (Å²) in [5, 5.41) is 0. The van der Waals surface area contributed by atoms with Gasteiger partial charge in [0.1, 0.15) is 0 Å². The monoisotopic (exact) mass is 260 g/mol. The van der Waals surface area contributed by atoms with E-state index in [9.17, 15) is 13.2 Å². The van der Waals surface area contributed by atoms with Gasteiger partial charge in [-0.05, 0) is 17.6 Å². The van der Waals surface area contributed by atoms with Crippen molar-refractivity contribution in [2.24, 2.45) is 5.92 Å². The van der Waals surface area contributed by atoms with Crippen LogP contribution >= 0.6 is 0 Å². The van der Waals surface area contributed by atoms with Crippen molar-refractivity contribution in [2.75, 3.05) is 26.9 Å². The summed E-state index contributed by atoms with van der Waals surface area (Å²) in [7, 11) is 0.694. The normalized spacial score (nSPS) is 17.2. The van der Waals surface area contributed by atoms with Crippen LogP contribution in [0.2, 0.25) is 0 Å². The van der Waals surface area contributed by atoms with Crippen molar-refractivity contribution in [1.82, 2.24) is 0 Å². The molecule has 0 atom stereocenters. The van der Waals surface area contributed by atoms with E-state index in [1.165, 1.54) is 0 Å². The summed E-state index contributed by atoms with van der Waals surface area (Å²) in [5.41, 5.74) is 0.127. The zero-order valence-electron chi connectivity index (χ0n) is 9.79. The minimum atomic E-state index is -1.49. The number of benzene rings is 1. The van der Waals surface area contributed by atoms with E-state index in [2.05, 4.69) is 0 Å². The average molecular weight is 260 g/mol. The molecule has 1 aromatic carbocycles. The fourth-order valence-electron chi connectivity index (χ4n) is 1.78. The van der Waals surface area contributed by atoms with Crippen LogP contribution < -0.4 is 5.46 Å². The van der Waals surface area contributed by atoms with Gasteiger partial charge in [0.15, 0.2) is 17.5 Å². The fraction of sp³-hybridized carbons (Fsp3) is 0.455. The van der Waals surface area contributed by atoms with E-state index in [1.54, 1.807) is 7.11 Å². The van der Waals surface area contributed by atoms with Crippen LogP contribution in [-0.2, 0) is 14.0 Å². The maximum Gasteiger partial charge on any atom is 0.494 e. The van der Waals surface area contributed by atoms with Crippen molar-refractivity contribution in [3.05, 3.63) is 29.6 Å². The molecule has 0 spiro atoms. The average Bonchev–Trinajstić information content (AvgIpc) is 2.37. The van der Waals surface area contributed by atoms with Crippen molar-refractivity contribution in [2.45, 2.75) is 0 Å². The first kappa shape index (κ1) is 13.4. The molecule has 3 nitrogen and oxygen atoms in total. The number of rotatable bonds is 3. The Hall–Kier alpha value is -1.05. The summed E-state index contributed by atoms with van der Waals surface area (Å²) in [6.07, 6.45) is 0. The van der Waals surface area contributed by atoms with Crippen LogP contribution in [0.3, 0.4) is 0 Å². The summed E-state index contributed by atoms with van der Waals surface area (Å²) < 4.78 is 54.5. The SMILES string of the molecule is COCC1COB(c2cc(F)c(F)c(F)c2)OC1. The molecule has 1 aliphatic heterocycles. The molecule has 0 aliphatic carbocycles. The lowest BCUT2D eigenvalue weighted by molar-refractivity contribution is 0.0363. The van der Waals surface area contributed by atoms with Gasteiger partial charge in [-0.2, -0.15) is 0 Å². The molecule has 0 N–H and O–H groups in total. The van der Waals surface area contributed by atoms with Crippen molar-refractivity contribution in [3.8, 4) is 0 Å². The number of halogens is 3. The highest BCUT2D eigenvalue weighted by molar-refractivity contribution is 6.61. The molecule has 0 unspecified atom stereocenters. The van der Waals surface area contributed by atoms with Crippen LogP contribution in [0.5, 0.6) is 0 Å². The van der Waals surface area contributed by atoms with E-state index in [-0.39, 0.29) is 11.4 Å². The van der Waals surface area contributed by atoms with E-state index in [0.29, 0.717) is 19.8 Å². The Balaban J connectivity index is 2.05. The minimum Gasteiger partial charge on any atom is -0.407 e. The van der Waals surface area contributed by atoms with E-state index in [0.717, 1.165) is 12.1 Å². The third-order valence-corrected chi connectivity index (χ3v) is 2.65. The third-order valence-electron chi connectivity index (χ3n) is 2.65. The van der Waals surface area contributed by atoms with Gasteiger partial charge in [0.05, 0.1) is 6.61 Å². The van der Waals surface area contributed by atoms with Crippen molar-refractivity contribution >= 4 is 12.6 Å². The molecule has 1 aliphatic rings. The Morgan fingerprint density at radius 2 is 1.78 bits per heavy atom. The second-order valence-corrected chi connectivity index (χ2v) is 4.12. The summed E-state index contributed by atoms with van der Waals surface area (Å²) in [5.74, 6) is -3.92. The maximum absolute atomic E-state index is 13.0. The highest BCUT2D eigenvalue weighted by atomic mass is 19.2. The highest BCUT2D eigenvalue weighted by Gasteiger charge is 2.30. The molecule has 0 bridgehead atoms. The van der Waals surface area contributed by atoms with E-state index >= 15 is 0 Å².